The number of carbonyl (C=O) groups excluding carboxylic acids is 2. The number of hydrogen-bond donors (Lipinski definition) is 1. The van der Waals surface area contributed by atoms with Gasteiger partial charge >= 0.3 is 0 Å². The van der Waals surface area contributed by atoms with Gasteiger partial charge in [0, 0.05) is 11.8 Å². The van der Waals surface area contributed by atoms with E-state index in [1.807, 2.05) is 24.3 Å². The number of amides is 2. The van der Waals surface area contributed by atoms with Gasteiger partial charge in [-0.25, -0.2) is 4.90 Å². The van der Waals surface area contributed by atoms with Crippen LogP contribution >= 0.6 is 0 Å². The molecule has 2 amide bonds. The molecule has 5 nitrogen and oxygen atoms in total. The maximum atomic E-state index is 12.5. The second kappa shape index (κ2) is 5.89. The van der Waals surface area contributed by atoms with Gasteiger partial charge in [-0.15, -0.1) is 0 Å². The Morgan fingerprint density at radius 2 is 1.86 bits per heavy atom. The summed E-state index contributed by atoms with van der Waals surface area (Å²) in [6.07, 6.45) is 0.144. The first-order valence-electron chi connectivity index (χ1n) is 7.01. The Bertz CT molecular complexity index is 700. The van der Waals surface area contributed by atoms with Crippen LogP contribution in [-0.2, 0) is 9.59 Å². The number of benzene rings is 2. The average Bonchev–Trinajstić information content (AvgIpc) is 2.82. The fourth-order valence-electron chi connectivity index (χ4n) is 2.51. The lowest BCUT2D eigenvalue weighted by Crippen LogP contribution is -2.34. The first-order valence-corrected chi connectivity index (χ1v) is 7.01. The molecular formula is C17H16N2O3. The number of nitrogens with one attached hydrogen (secondary N) is 1. The Morgan fingerprint density at radius 3 is 2.59 bits per heavy atom. The summed E-state index contributed by atoms with van der Waals surface area (Å²) in [6.45, 7) is 0. The third-order valence-electron chi connectivity index (χ3n) is 3.57. The summed E-state index contributed by atoms with van der Waals surface area (Å²) in [7, 11) is 1.58. The molecule has 1 heterocycles. The predicted octanol–water partition coefficient (Wildman–Crippen LogP) is 2.44. The van der Waals surface area contributed by atoms with E-state index in [0.717, 1.165) is 5.69 Å². The van der Waals surface area contributed by atoms with Gasteiger partial charge in [-0.3, -0.25) is 9.59 Å². The maximum Gasteiger partial charge on any atom is 0.256 e. The molecule has 2 aromatic rings. The van der Waals surface area contributed by atoms with Crippen LogP contribution in [0.25, 0.3) is 0 Å². The average molecular weight is 296 g/mol. The molecule has 1 unspecified atom stereocenters. The minimum atomic E-state index is -0.556. The van der Waals surface area contributed by atoms with E-state index in [0.29, 0.717) is 11.4 Å². The van der Waals surface area contributed by atoms with E-state index >= 15 is 0 Å². The van der Waals surface area contributed by atoms with Crippen molar-refractivity contribution < 1.29 is 14.3 Å². The van der Waals surface area contributed by atoms with Gasteiger partial charge in [0.15, 0.2) is 0 Å². The van der Waals surface area contributed by atoms with E-state index in [2.05, 4.69) is 5.32 Å². The molecular weight excluding hydrogens is 280 g/mol. The Kier molecular flexibility index (Phi) is 3.78. The number of imide groups is 1. The fourth-order valence-corrected chi connectivity index (χ4v) is 2.51. The predicted molar refractivity (Wildman–Crippen MR) is 84.0 cm³/mol. The van der Waals surface area contributed by atoms with Gasteiger partial charge in [-0.2, -0.15) is 0 Å². The molecule has 1 fully saturated rings. The minimum Gasteiger partial charge on any atom is -0.497 e. The van der Waals surface area contributed by atoms with Crippen molar-refractivity contribution in [1.82, 2.24) is 0 Å². The molecule has 0 bridgehead atoms. The Morgan fingerprint density at radius 1 is 1.09 bits per heavy atom. The molecule has 112 valence electrons. The monoisotopic (exact) mass is 296 g/mol. The van der Waals surface area contributed by atoms with Crippen molar-refractivity contribution >= 4 is 23.2 Å². The number of hydrogen-bond acceptors (Lipinski definition) is 4. The molecule has 1 saturated heterocycles. The van der Waals surface area contributed by atoms with Crippen molar-refractivity contribution in [3.8, 4) is 5.75 Å². The Balaban J connectivity index is 1.79. The topological polar surface area (TPSA) is 58.6 Å². The third kappa shape index (κ3) is 2.65. The van der Waals surface area contributed by atoms with Crippen molar-refractivity contribution in [2.45, 2.75) is 12.5 Å². The number of carbonyl (C=O) groups is 2. The van der Waals surface area contributed by atoms with Crippen molar-refractivity contribution in [2.75, 3.05) is 17.3 Å². The van der Waals surface area contributed by atoms with E-state index in [1.165, 1.54) is 4.90 Å². The van der Waals surface area contributed by atoms with Crippen LogP contribution in [0.15, 0.2) is 54.6 Å². The van der Waals surface area contributed by atoms with Gasteiger partial charge in [-0.1, -0.05) is 24.3 Å². The summed E-state index contributed by atoms with van der Waals surface area (Å²) in [6, 6.07) is 15.7. The van der Waals surface area contributed by atoms with Crippen LogP contribution in [0.4, 0.5) is 11.4 Å². The van der Waals surface area contributed by atoms with Crippen molar-refractivity contribution in [2.24, 2.45) is 0 Å². The Labute approximate surface area is 128 Å². The number of nitrogens with zero attached hydrogens (tertiary/aromatic N) is 1. The van der Waals surface area contributed by atoms with Crippen molar-refractivity contribution in [3.05, 3.63) is 54.6 Å². The molecule has 0 radical (unpaired) electrons. The molecule has 1 aliphatic heterocycles. The van der Waals surface area contributed by atoms with Crippen molar-refractivity contribution in [1.29, 1.82) is 0 Å². The summed E-state index contributed by atoms with van der Waals surface area (Å²) in [4.78, 5) is 25.9. The number of para-hydroxylation sites is 1. The molecule has 5 heteroatoms. The zero-order valence-corrected chi connectivity index (χ0v) is 12.2. The highest BCUT2D eigenvalue weighted by Gasteiger charge is 2.39. The van der Waals surface area contributed by atoms with Crippen LogP contribution in [0.5, 0.6) is 5.75 Å². The quantitative estimate of drug-likeness (QED) is 0.880. The summed E-state index contributed by atoms with van der Waals surface area (Å²) in [5.74, 6) is 0.261. The standard InChI is InChI=1S/C17H16N2O3/c1-22-14-9-5-6-12(10-14)18-15-11-16(20)19(17(15)21)13-7-3-2-4-8-13/h2-10,15,18H,11H2,1H3. The number of anilines is 2. The van der Waals surface area contributed by atoms with Crippen LogP contribution < -0.4 is 15.0 Å². The minimum absolute atomic E-state index is 0.144. The Hall–Kier alpha value is -2.82. The van der Waals surface area contributed by atoms with E-state index in [1.54, 1.807) is 37.4 Å². The smallest absolute Gasteiger partial charge is 0.256 e. The first-order chi connectivity index (χ1) is 10.7. The van der Waals surface area contributed by atoms with E-state index in [-0.39, 0.29) is 18.2 Å². The molecule has 1 N–H and O–H groups in total. The lowest BCUT2D eigenvalue weighted by molar-refractivity contribution is -0.121. The SMILES string of the molecule is COc1cccc(NC2CC(=O)N(c3ccccc3)C2=O)c1. The van der Waals surface area contributed by atoms with Gasteiger partial charge in [0.2, 0.25) is 5.91 Å². The highest BCUT2D eigenvalue weighted by atomic mass is 16.5. The third-order valence-corrected chi connectivity index (χ3v) is 3.57. The highest BCUT2D eigenvalue weighted by molar-refractivity contribution is 6.23. The zero-order valence-electron chi connectivity index (χ0n) is 12.2. The molecule has 1 atom stereocenters. The van der Waals surface area contributed by atoms with Crippen molar-refractivity contribution in [3.63, 3.8) is 0 Å². The molecule has 3 rings (SSSR count). The highest BCUT2D eigenvalue weighted by Crippen LogP contribution is 2.25. The summed E-state index contributed by atoms with van der Waals surface area (Å²) in [5, 5.41) is 3.10. The number of ether oxygens (including phenoxy) is 1. The molecule has 0 spiro atoms. The van der Waals surface area contributed by atoms with Gasteiger partial charge in [0.05, 0.1) is 19.2 Å². The number of methoxy groups -OCH3 is 1. The van der Waals surface area contributed by atoms with Gasteiger partial charge in [-0.05, 0) is 24.3 Å². The lowest BCUT2D eigenvalue weighted by atomic mass is 10.2. The van der Waals surface area contributed by atoms with E-state index in [9.17, 15) is 9.59 Å². The van der Waals surface area contributed by atoms with Crippen LogP contribution in [0, 0.1) is 0 Å². The van der Waals surface area contributed by atoms with Crippen LogP contribution in [0.2, 0.25) is 0 Å². The molecule has 0 saturated carbocycles. The second-order valence-corrected chi connectivity index (χ2v) is 5.04. The van der Waals surface area contributed by atoms with Gasteiger partial charge in [0.25, 0.3) is 5.91 Å². The van der Waals surface area contributed by atoms with Crippen LogP contribution in [0.3, 0.4) is 0 Å². The molecule has 0 aliphatic carbocycles. The van der Waals surface area contributed by atoms with Crippen LogP contribution in [0.1, 0.15) is 6.42 Å². The molecule has 0 aromatic heterocycles. The van der Waals surface area contributed by atoms with E-state index < -0.39 is 6.04 Å². The maximum absolute atomic E-state index is 12.5. The van der Waals surface area contributed by atoms with Gasteiger partial charge in [0.1, 0.15) is 11.8 Å². The molecule has 22 heavy (non-hydrogen) atoms. The first kappa shape index (κ1) is 14.1. The summed E-state index contributed by atoms with van der Waals surface area (Å²) >= 11 is 0. The fraction of sp³-hybridized carbons (Fsp3) is 0.176. The number of rotatable bonds is 4. The molecule has 1 aliphatic rings. The zero-order chi connectivity index (χ0) is 15.5. The largest absolute Gasteiger partial charge is 0.497 e. The van der Waals surface area contributed by atoms with E-state index in [4.69, 9.17) is 4.74 Å². The second-order valence-electron chi connectivity index (χ2n) is 5.04. The molecule has 2 aromatic carbocycles. The summed E-state index contributed by atoms with van der Waals surface area (Å²) in [5.41, 5.74) is 1.35. The van der Waals surface area contributed by atoms with Crippen LogP contribution in [-0.4, -0.2) is 25.0 Å². The normalized spacial score (nSPS) is 17.7. The van der Waals surface area contributed by atoms with Gasteiger partial charge < -0.3 is 10.1 Å². The summed E-state index contributed by atoms with van der Waals surface area (Å²) < 4.78 is 5.16. The lowest BCUT2D eigenvalue weighted by Gasteiger charge is -2.16.